The van der Waals surface area contributed by atoms with Crippen LogP contribution >= 0.6 is 27.7 Å². The summed E-state index contributed by atoms with van der Waals surface area (Å²) in [6, 6.07) is 3.43. The van der Waals surface area contributed by atoms with Crippen LogP contribution in [-0.2, 0) is 4.79 Å². The van der Waals surface area contributed by atoms with Crippen LogP contribution in [0.2, 0.25) is 0 Å². The zero-order chi connectivity index (χ0) is 18.4. The number of nitrogens with one attached hydrogen (secondary N) is 1. The highest BCUT2D eigenvalue weighted by Gasteiger charge is 2.15. The highest BCUT2D eigenvalue weighted by Crippen LogP contribution is 2.38. The van der Waals surface area contributed by atoms with Gasteiger partial charge in [0.2, 0.25) is 5.16 Å². The fourth-order valence-corrected chi connectivity index (χ4v) is 3.18. The quantitative estimate of drug-likeness (QED) is 0.378. The maximum absolute atomic E-state index is 11.5. The number of benzene rings is 1. The Morgan fingerprint density at radius 1 is 1.52 bits per heavy atom. The average Bonchev–Trinajstić information content (AvgIpc) is 2.97. The zero-order valence-electron chi connectivity index (χ0n) is 13.6. The van der Waals surface area contributed by atoms with Crippen molar-refractivity contribution in [2.75, 3.05) is 13.7 Å². The van der Waals surface area contributed by atoms with Crippen molar-refractivity contribution < 1.29 is 19.4 Å². The number of nitrogens with zero attached hydrogens (tertiary/aromatic N) is 2. The standard InChI is InChI=1S/C16H16BrN3O4S/c1-4-5-24-14-11(17)6-10(7-12(14)23-3)8-13(15(21)22)25-16-18-9(2)19-20-16/h4,6-8H,1,5H2,2-3H3,(H,21,22)(H,18,19,20)/b13-8-. The predicted molar refractivity (Wildman–Crippen MR) is 99.0 cm³/mol. The van der Waals surface area contributed by atoms with Gasteiger partial charge in [0.05, 0.1) is 11.6 Å². The Morgan fingerprint density at radius 3 is 2.84 bits per heavy atom. The molecule has 0 radical (unpaired) electrons. The Kier molecular flexibility index (Phi) is 6.65. The van der Waals surface area contributed by atoms with Crippen LogP contribution in [0, 0.1) is 6.92 Å². The lowest BCUT2D eigenvalue weighted by Gasteiger charge is -2.12. The van der Waals surface area contributed by atoms with E-state index in [0.717, 1.165) is 11.8 Å². The molecular weight excluding hydrogens is 410 g/mol. The van der Waals surface area contributed by atoms with Crippen molar-refractivity contribution in [3.05, 3.63) is 45.6 Å². The molecule has 0 unspecified atom stereocenters. The summed E-state index contributed by atoms with van der Waals surface area (Å²) in [6.45, 7) is 5.67. The third-order valence-corrected chi connectivity index (χ3v) is 4.35. The first-order valence-electron chi connectivity index (χ1n) is 7.07. The van der Waals surface area contributed by atoms with Crippen molar-refractivity contribution in [1.82, 2.24) is 15.2 Å². The minimum atomic E-state index is -1.07. The molecule has 7 nitrogen and oxygen atoms in total. The van der Waals surface area contributed by atoms with Gasteiger partial charge in [0, 0.05) is 0 Å². The molecule has 25 heavy (non-hydrogen) atoms. The van der Waals surface area contributed by atoms with E-state index in [-0.39, 0.29) is 4.91 Å². The molecule has 0 aliphatic heterocycles. The van der Waals surface area contributed by atoms with E-state index in [9.17, 15) is 9.90 Å². The fourth-order valence-electron chi connectivity index (χ4n) is 1.86. The fraction of sp³-hybridized carbons (Fsp3) is 0.188. The molecule has 0 amide bonds. The molecular formula is C16H16BrN3O4S. The molecule has 1 aromatic heterocycles. The van der Waals surface area contributed by atoms with E-state index in [1.807, 2.05) is 0 Å². The molecule has 0 fully saturated rings. The predicted octanol–water partition coefficient (Wildman–Crippen LogP) is 3.67. The van der Waals surface area contributed by atoms with Crippen molar-refractivity contribution in [2.24, 2.45) is 0 Å². The highest BCUT2D eigenvalue weighted by atomic mass is 79.9. The van der Waals surface area contributed by atoms with Gasteiger partial charge in [0.25, 0.3) is 0 Å². The van der Waals surface area contributed by atoms with Gasteiger partial charge < -0.3 is 14.6 Å². The summed E-state index contributed by atoms with van der Waals surface area (Å²) in [4.78, 5) is 15.7. The summed E-state index contributed by atoms with van der Waals surface area (Å²) in [5.41, 5.74) is 0.631. The van der Waals surface area contributed by atoms with Crippen molar-refractivity contribution in [3.63, 3.8) is 0 Å². The number of hydrogen-bond donors (Lipinski definition) is 2. The minimum absolute atomic E-state index is 0.0766. The second kappa shape index (κ2) is 8.72. The van der Waals surface area contributed by atoms with E-state index < -0.39 is 5.97 Å². The number of carboxylic acids is 1. The first kappa shape index (κ1) is 19.1. The number of halogens is 1. The number of methoxy groups -OCH3 is 1. The number of rotatable bonds is 8. The molecule has 2 aromatic rings. The molecule has 0 saturated heterocycles. The number of H-pyrrole nitrogens is 1. The highest BCUT2D eigenvalue weighted by molar-refractivity contribution is 9.10. The first-order valence-corrected chi connectivity index (χ1v) is 8.68. The smallest absolute Gasteiger partial charge is 0.342 e. The molecule has 0 bridgehead atoms. The van der Waals surface area contributed by atoms with Crippen LogP contribution in [0.4, 0.5) is 0 Å². The Morgan fingerprint density at radius 2 is 2.28 bits per heavy atom. The van der Waals surface area contributed by atoms with E-state index in [1.165, 1.54) is 13.2 Å². The first-order chi connectivity index (χ1) is 11.9. The number of thioether (sulfide) groups is 1. The molecule has 0 aliphatic rings. The van der Waals surface area contributed by atoms with Crippen molar-refractivity contribution in [2.45, 2.75) is 12.1 Å². The van der Waals surface area contributed by atoms with Gasteiger partial charge in [-0.3, -0.25) is 5.10 Å². The maximum atomic E-state index is 11.5. The third kappa shape index (κ3) is 5.10. The van der Waals surface area contributed by atoms with Crippen molar-refractivity contribution >= 4 is 39.7 Å². The van der Waals surface area contributed by atoms with Crippen LogP contribution < -0.4 is 9.47 Å². The number of aryl methyl sites for hydroxylation is 1. The number of carboxylic acid groups (broad SMARTS) is 1. The van der Waals surface area contributed by atoms with Gasteiger partial charge in [-0.05, 0) is 58.4 Å². The summed E-state index contributed by atoms with van der Waals surface area (Å²) in [6.07, 6.45) is 3.14. The minimum Gasteiger partial charge on any atom is -0.493 e. The lowest BCUT2D eigenvalue weighted by molar-refractivity contribution is -0.131. The number of aromatic amines is 1. The number of hydrogen-bond acceptors (Lipinski definition) is 6. The molecule has 2 N–H and O–H groups in total. The van der Waals surface area contributed by atoms with E-state index in [0.29, 0.717) is 39.1 Å². The molecule has 0 saturated carbocycles. The largest absolute Gasteiger partial charge is 0.493 e. The molecule has 132 valence electrons. The van der Waals surface area contributed by atoms with Gasteiger partial charge in [0.1, 0.15) is 17.3 Å². The molecule has 0 atom stereocenters. The van der Waals surface area contributed by atoms with Crippen LogP contribution in [0.5, 0.6) is 11.5 Å². The van der Waals surface area contributed by atoms with Crippen LogP contribution in [0.15, 0.2) is 39.3 Å². The summed E-state index contributed by atoms with van der Waals surface area (Å²) in [5, 5.41) is 16.4. The van der Waals surface area contributed by atoms with Crippen molar-refractivity contribution in [1.29, 1.82) is 0 Å². The number of aliphatic carboxylic acids is 1. The molecule has 0 aliphatic carbocycles. The van der Waals surface area contributed by atoms with Crippen LogP contribution in [0.25, 0.3) is 6.08 Å². The second-order valence-corrected chi connectivity index (χ2v) is 6.62. The van der Waals surface area contributed by atoms with E-state index >= 15 is 0 Å². The molecule has 2 rings (SSSR count). The zero-order valence-corrected chi connectivity index (χ0v) is 16.0. The molecule has 9 heteroatoms. The van der Waals surface area contributed by atoms with E-state index in [4.69, 9.17) is 9.47 Å². The molecule has 0 spiro atoms. The number of ether oxygens (including phenoxy) is 2. The topological polar surface area (TPSA) is 97.3 Å². The summed E-state index contributed by atoms with van der Waals surface area (Å²) < 4.78 is 11.5. The van der Waals surface area contributed by atoms with E-state index in [2.05, 4.69) is 37.7 Å². The lowest BCUT2D eigenvalue weighted by Crippen LogP contribution is -1.99. The van der Waals surface area contributed by atoms with Crippen molar-refractivity contribution in [3.8, 4) is 11.5 Å². The van der Waals surface area contributed by atoms with E-state index in [1.54, 1.807) is 25.1 Å². The van der Waals surface area contributed by atoms with Crippen LogP contribution in [0.1, 0.15) is 11.4 Å². The SMILES string of the molecule is C=CCOc1c(Br)cc(/C=C(\Sc2n[nH]c(C)n2)C(=O)O)cc1OC. The summed E-state index contributed by atoms with van der Waals surface area (Å²) in [7, 11) is 1.51. The maximum Gasteiger partial charge on any atom is 0.342 e. The Balaban J connectivity index is 2.36. The van der Waals surface area contributed by atoms with Gasteiger partial charge >= 0.3 is 5.97 Å². The number of aromatic nitrogens is 3. The van der Waals surface area contributed by atoms with Gasteiger partial charge in [-0.15, -0.1) is 5.10 Å². The average molecular weight is 426 g/mol. The van der Waals surface area contributed by atoms with Crippen LogP contribution in [-0.4, -0.2) is 40.0 Å². The third-order valence-electron chi connectivity index (χ3n) is 2.88. The van der Waals surface area contributed by atoms with Gasteiger partial charge in [-0.1, -0.05) is 12.7 Å². The molecule has 1 heterocycles. The van der Waals surface area contributed by atoms with Gasteiger partial charge in [0.15, 0.2) is 11.5 Å². The molecule has 1 aromatic carbocycles. The normalized spacial score (nSPS) is 11.2. The lowest BCUT2D eigenvalue weighted by atomic mass is 10.2. The second-order valence-electron chi connectivity index (χ2n) is 4.75. The number of carbonyl (C=O) groups is 1. The Bertz CT molecular complexity index is 820. The summed E-state index contributed by atoms with van der Waals surface area (Å²) in [5.74, 6) is 0.537. The monoisotopic (exact) mass is 425 g/mol. The summed E-state index contributed by atoms with van der Waals surface area (Å²) >= 11 is 4.37. The van der Waals surface area contributed by atoms with Gasteiger partial charge in [-0.25, -0.2) is 9.78 Å². The Labute approximate surface area is 157 Å². The van der Waals surface area contributed by atoms with Crippen LogP contribution in [0.3, 0.4) is 0 Å². The Hall–Kier alpha value is -2.26. The van der Waals surface area contributed by atoms with Gasteiger partial charge in [-0.2, -0.15) is 0 Å².